The van der Waals surface area contributed by atoms with Crippen molar-refractivity contribution in [1.29, 1.82) is 0 Å². The van der Waals surface area contributed by atoms with E-state index in [0.717, 1.165) is 42.0 Å². The lowest BCUT2D eigenvalue weighted by Crippen LogP contribution is -2.02. The van der Waals surface area contributed by atoms with Gasteiger partial charge in [-0.2, -0.15) is 0 Å². The van der Waals surface area contributed by atoms with Crippen molar-refractivity contribution in [2.45, 2.75) is 19.4 Å². The number of hydrogen-bond donors (Lipinski definition) is 0. The molecule has 0 amide bonds. The second-order valence-electron chi connectivity index (χ2n) is 6.39. The number of ether oxygens (including phenoxy) is 1. The van der Waals surface area contributed by atoms with Crippen molar-refractivity contribution >= 4 is 11.0 Å². The van der Waals surface area contributed by atoms with Crippen LogP contribution in [0.4, 0.5) is 0 Å². The second kappa shape index (κ2) is 7.44. The highest BCUT2D eigenvalue weighted by Gasteiger charge is 2.12. The van der Waals surface area contributed by atoms with Gasteiger partial charge in [-0.05, 0) is 54.8 Å². The SMILES string of the molecule is COc1ccc(-c2nc3ccccc3n2CCCc2ccccc2)cc1. The van der Waals surface area contributed by atoms with E-state index in [4.69, 9.17) is 9.72 Å². The highest BCUT2D eigenvalue weighted by molar-refractivity contribution is 5.80. The van der Waals surface area contributed by atoms with Gasteiger partial charge in [-0.3, -0.25) is 0 Å². The minimum Gasteiger partial charge on any atom is -0.497 e. The molecule has 0 aliphatic rings. The van der Waals surface area contributed by atoms with E-state index in [1.54, 1.807) is 7.11 Å². The lowest BCUT2D eigenvalue weighted by molar-refractivity contribution is 0.415. The Morgan fingerprint density at radius 2 is 1.58 bits per heavy atom. The van der Waals surface area contributed by atoms with Crippen molar-refractivity contribution in [3.8, 4) is 17.1 Å². The highest BCUT2D eigenvalue weighted by atomic mass is 16.5. The van der Waals surface area contributed by atoms with Crippen LogP contribution in [0.2, 0.25) is 0 Å². The number of rotatable bonds is 6. The molecule has 4 rings (SSSR count). The van der Waals surface area contributed by atoms with Gasteiger partial charge in [0.15, 0.2) is 0 Å². The van der Waals surface area contributed by atoms with Crippen molar-refractivity contribution in [1.82, 2.24) is 9.55 Å². The van der Waals surface area contributed by atoms with Gasteiger partial charge in [-0.1, -0.05) is 42.5 Å². The molecule has 130 valence electrons. The van der Waals surface area contributed by atoms with Gasteiger partial charge < -0.3 is 9.30 Å². The average molecular weight is 342 g/mol. The molecule has 0 saturated heterocycles. The summed E-state index contributed by atoms with van der Waals surface area (Å²) in [6.45, 7) is 0.941. The number of fused-ring (bicyclic) bond motifs is 1. The zero-order chi connectivity index (χ0) is 17.8. The first-order valence-electron chi connectivity index (χ1n) is 8.99. The topological polar surface area (TPSA) is 27.1 Å². The lowest BCUT2D eigenvalue weighted by Gasteiger charge is -2.10. The van der Waals surface area contributed by atoms with E-state index in [2.05, 4.69) is 65.2 Å². The van der Waals surface area contributed by atoms with Crippen LogP contribution in [-0.4, -0.2) is 16.7 Å². The maximum Gasteiger partial charge on any atom is 0.141 e. The molecule has 0 N–H and O–H groups in total. The summed E-state index contributed by atoms with van der Waals surface area (Å²) in [5.41, 5.74) is 4.72. The van der Waals surface area contributed by atoms with E-state index in [-0.39, 0.29) is 0 Å². The maximum atomic E-state index is 5.28. The third-order valence-electron chi connectivity index (χ3n) is 4.69. The molecule has 0 bridgehead atoms. The molecular formula is C23H22N2O. The second-order valence-corrected chi connectivity index (χ2v) is 6.39. The fourth-order valence-electron chi connectivity index (χ4n) is 3.35. The molecule has 26 heavy (non-hydrogen) atoms. The Morgan fingerprint density at radius 3 is 2.35 bits per heavy atom. The number of aromatic nitrogens is 2. The predicted molar refractivity (Wildman–Crippen MR) is 106 cm³/mol. The summed E-state index contributed by atoms with van der Waals surface area (Å²) < 4.78 is 7.61. The van der Waals surface area contributed by atoms with Crippen molar-refractivity contribution in [2.24, 2.45) is 0 Å². The molecule has 0 radical (unpaired) electrons. The van der Waals surface area contributed by atoms with Crippen LogP contribution in [-0.2, 0) is 13.0 Å². The Hall–Kier alpha value is -3.07. The first kappa shape index (κ1) is 16.4. The molecule has 0 fully saturated rings. The van der Waals surface area contributed by atoms with Gasteiger partial charge in [0.25, 0.3) is 0 Å². The minimum absolute atomic E-state index is 0.862. The van der Waals surface area contributed by atoms with Crippen LogP contribution in [0.15, 0.2) is 78.9 Å². The molecule has 3 nitrogen and oxygen atoms in total. The van der Waals surface area contributed by atoms with E-state index in [1.165, 1.54) is 11.1 Å². The summed E-state index contributed by atoms with van der Waals surface area (Å²) in [7, 11) is 1.69. The van der Waals surface area contributed by atoms with Gasteiger partial charge in [0.05, 0.1) is 18.1 Å². The van der Waals surface area contributed by atoms with Gasteiger partial charge in [0.1, 0.15) is 11.6 Å². The Morgan fingerprint density at radius 1 is 0.846 bits per heavy atom. The van der Waals surface area contributed by atoms with Crippen LogP contribution in [0, 0.1) is 0 Å². The maximum absolute atomic E-state index is 5.28. The summed E-state index contributed by atoms with van der Waals surface area (Å²) in [6, 6.07) is 27.1. The molecule has 4 aromatic rings. The van der Waals surface area contributed by atoms with Crippen LogP contribution in [0.25, 0.3) is 22.4 Å². The standard InChI is InChI=1S/C23H22N2O/c1-26-20-15-13-19(14-16-20)23-24-21-11-5-6-12-22(21)25(23)17-7-10-18-8-3-2-4-9-18/h2-6,8-9,11-16H,7,10,17H2,1H3. The lowest BCUT2D eigenvalue weighted by atomic mass is 10.1. The summed E-state index contributed by atoms with van der Waals surface area (Å²) in [5, 5.41) is 0. The summed E-state index contributed by atoms with van der Waals surface area (Å²) >= 11 is 0. The summed E-state index contributed by atoms with van der Waals surface area (Å²) in [6.07, 6.45) is 2.14. The fraction of sp³-hybridized carbons (Fsp3) is 0.174. The monoisotopic (exact) mass is 342 g/mol. The van der Waals surface area contributed by atoms with Gasteiger partial charge in [0, 0.05) is 12.1 Å². The molecule has 0 unspecified atom stereocenters. The minimum atomic E-state index is 0.862. The van der Waals surface area contributed by atoms with Crippen LogP contribution < -0.4 is 4.74 Å². The van der Waals surface area contributed by atoms with E-state index in [0.29, 0.717) is 0 Å². The zero-order valence-corrected chi connectivity index (χ0v) is 14.9. The van der Waals surface area contributed by atoms with Crippen LogP contribution in [0.5, 0.6) is 5.75 Å². The summed E-state index contributed by atoms with van der Waals surface area (Å²) in [5.74, 6) is 1.88. The average Bonchev–Trinajstić information content (AvgIpc) is 3.08. The molecule has 3 aromatic carbocycles. The van der Waals surface area contributed by atoms with Gasteiger partial charge in [-0.25, -0.2) is 4.98 Å². The van der Waals surface area contributed by atoms with E-state index >= 15 is 0 Å². The quantitative estimate of drug-likeness (QED) is 0.472. The Kier molecular flexibility index (Phi) is 4.69. The van der Waals surface area contributed by atoms with Crippen molar-refractivity contribution in [2.75, 3.05) is 7.11 Å². The predicted octanol–water partition coefficient (Wildman–Crippen LogP) is 5.34. The van der Waals surface area contributed by atoms with E-state index in [9.17, 15) is 0 Å². The first-order chi connectivity index (χ1) is 12.8. The Bertz CT molecular complexity index is 988. The van der Waals surface area contributed by atoms with Crippen LogP contribution >= 0.6 is 0 Å². The third kappa shape index (κ3) is 3.33. The largest absolute Gasteiger partial charge is 0.497 e. The molecule has 1 aromatic heterocycles. The molecule has 3 heteroatoms. The van der Waals surface area contributed by atoms with E-state index < -0.39 is 0 Å². The molecule has 0 aliphatic carbocycles. The normalized spacial score (nSPS) is 11.0. The number of aryl methyl sites for hydroxylation is 2. The summed E-state index contributed by atoms with van der Waals surface area (Å²) in [4.78, 5) is 4.89. The number of imidazole rings is 1. The van der Waals surface area contributed by atoms with Gasteiger partial charge in [0.2, 0.25) is 0 Å². The number of methoxy groups -OCH3 is 1. The Labute approximate surface area is 153 Å². The van der Waals surface area contributed by atoms with Gasteiger partial charge in [-0.15, -0.1) is 0 Å². The number of benzene rings is 3. The fourth-order valence-corrected chi connectivity index (χ4v) is 3.35. The first-order valence-corrected chi connectivity index (χ1v) is 8.99. The van der Waals surface area contributed by atoms with Crippen molar-refractivity contribution in [3.63, 3.8) is 0 Å². The number of hydrogen-bond acceptors (Lipinski definition) is 2. The van der Waals surface area contributed by atoms with Crippen LogP contribution in [0.3, 0.4) is 0 Å². The van der Waals surface area contributed by atoms with Crippen LogP contribution in [0.1, 0.15) is 12.0 Å². The molecule has 0 aliphatic heterocycles. The van der Waals surface area contributed by atoms with Crippen molar-refractivity contribution in [3.05, 3.63) is 84.4 Å². The molecule has 1 heterocycles. The smallest absolute Gasteiger partial charge is 0.141 e. The Balaban J connectivity index is 1.65. The van der Waals surface area contributed by atoms with E-state index in [1.807, 2.05) is 18.2 Å². The molecule has 0 atom stereocenters. The number of nitrogens with zero attached hydrogens (tertiary/aromatic N) is 2. The molecule has 0 spiro atoms. The molecular weight excluding hydrogens is 320 g/mol. The van der Waals surface area contributed by atoms with Crippen molar-refractivity contribution < 1.29 is 4.74 Å². The zero-order valence-electron chi connectivity index (χ0n) is 14.9. The molecule has 0 saturated carbocycles. The van der Waals surface area contributed by atoms with Gasteiger partial charge >= 0.3 is 0 Å². The number of para-hydroxylation sites is 2. The highest BCUT2D eigenvalue weighted by Crippen LogP contribution is 2.27. The third-order valence-corrected chi connectivity index (χ3v) is 4.69.